The maximum Gasteiger partial charge on any atom is 0.237 e. The zero-order valence-corrected chi connectivity index (χ0v) is 12.8. The highest BCUT2D eigenvalue weighted by atomic mass is 79.9. The smallest absolute Gasteiger partial charge is 0.237 e. The summed E-state index contributed by atoms with van der Waals surface area (Å²) in [5.74, 6) is 0.114. The van der Waals surface area contributed by atoms with Gasteiger partial charge >= 0.3 is 0 Å². The van der Waals surface area contributed by atoms with Gasteiger partial charge in [-0.2, -0.15) is 0 Å². The molecule has 1 heterocycles. The van der Waals surface area contributed by atoms with Crippen molar-refractivity contribution in [1.82, 2.24) is 15.3 Å². The van der Waals surface area contributed by atoms with Crippen molar-refractivity contribution in [3.05, 3.63) is 52.1 Å². The maximum atomic E-state index is 13.7. The number of halogens is 2. The van der Waals surface area contributed by atoms with E-state index in [1.54, 1.807) is 18.5 Å². The highest BCUT2D eigenvalue weighted by Crippen LogP contribution is 2.32. The molecule has 0 radical (unpaired) electrons. The first-order chi connectivity index (χ1) is 9.69. The minimum absolute atomic E-state index is 0.297. The third kappa shape index (κ3) is 2.96. The van der Waals surface area contributed by atoms with Crippen LogP contribution in [-0.4, -0.2) is 23.6 Å². The van der Waals surface area contributed by atoms with E-state index in [2.05, 4.69) is 31.2 Å². The summed E-state index contributed by atoms with van der Waals surface area (Å²) in [5, 5.41) is 3.28. The lowest BCUT2D eigenvalue weighted by Crippen LogP contribution is -2.24. The van der Waals surface area contributed by atoms with Crippen molar-refractivity contribution in [3.8, 4) is 5.88 Å². The number of nitrogens with one attached hydrogen (secondary N) is 1. The SMILES string of the molecule is CCNC(c1cccc(F)c1Br)c1nccnc1OC. The second-order valence-electron chi connectivity index (χ2n) is 4.08. The molecule has 0 aliphatic rings. The molecule has 1 aromatic heterocycles. The Morgan fingerprint density at radius 1 is 1.35 bits per heavy atom. The van der Waals surface area contributed by atoms with Gasteiger partial charge in [0, 0.05) is 12.4 Å². The van der Waals surface area contributed by atoms with Crippen molar-refractivity contribution in [3.63, 3.8) is 0 Å². The molecule has 4 nitrogen and oxygen atoms in total. The lowest BCUT2D eigenvalue weighted by atomic mass is 10.0. The average molecular weight is 340 g/mol. The van der Waals surface area contributed by atoms with Crippen LogP contribution < -0.4 is 10.1 Å². The zero-order valence-electron chi connectivity index (χ0n) is 11.2. The lowest BCUT2D eigenvalue weighted by molar-refractivity contribution is 0.382. The van der Waals surface area contributed by atoms with Crippen LogP contribution in [0, 0.1) is 5.82 Å². The van der Waals surface area contributed by atoms with Crippen LogP contribution in [0.2, 0.25) is 0 Å². The van der Waals surface area contributed by atoms with Gasteiger partial charge in [-0.05, 0) is 34.1 Å². The molecular weight excluding hydrogens is 325 g/mol. The summed E-state index contributed by atoms with van der Waals surface area (Å²) in [7, 11) is 1.54. The summed E-state index contributed by atoms with van der Waals surface area (Å²) in [6.07, 6.45) is 3.15. The molecule has 0 saturated carbocycles. The predicted molar refractivity (Wildman–Crippen MR) is 78.2 cm³/mol. The van der Waals surface area contributed by atoms with Gasteiger partial charge in [-0.1, -0.05) is 19.1 Å². The number of aromatic nitrogens is 2. The van der Waals surface area contributed by atoms with E-state index in [0.29, 0.717) is 22.6 Å². The Labute approximate surface area is 125 Å². The van der Waals surface area contributed by atoms with Gasteiger partial charge in [-0.3, -0.25) is 4.98 Å². The second kappa shape index (κ2) is 6.76. The molecule has 0 aliphatic carbocycles. The molecule has 0 fully saturated rings. The van der Waals surface area contributed by atoms with Crippen molar-refractivity contribution < 1.29 is 9.13 Å². The normalized spacial score (nSPS) is 12.2. The molecule has 0 spiro atoms. The van der Waals surface area contributed by atoms with E-state index in [0.717, 1.165) is 5.56 Å². The van der Waals surface area contributed by atoms with Crippen LogP contribution in [0.3, 0.4) is 0 Å². The van der Waals surface area contributed by atoms with Crippen molar-refractivity contribution >= 4 is 15.9 Å². The largest absolute Gasteiger partial charge is 0.480 e. The Morgan fingerprint density at radius 3 is 2.80 bits per heavy atom. The number of hydrogen-bond donors (Lipinski definition) is 1. The zero-order chi connectivity index (χ0) is 14.5. The van der Waals surface area contributed by atoms with E-state index in [4.69, 9.17) is 4.74 Å². The van der Waals surface area contributed by atoms with Crippen molar-refractivity contribution in [2.45, 2.75) is 13.0 Å². The summed E-state index contributed by atoms with van der Waals surface area (Å²) in [6, 6.07) is 4.62. The molecule has 0 aliphatic heterocycles. The lowest BCUT2D eigenvalue weighted by Gasteiger charge is -2.20. The van der Waals surface area contributed by atoms with Crippen LogP contribution in [0.15, 0.2) is 35.1 Å². The average Bonchev–Trinajstić information content (AvgIpc) is 2.48. The highest BCUT2D eigenvalue weighted by molar-refractivity contribution is 9.10. The first kappa shape index (κ1) is 14.9. The van der Waals surface area contributed by atoms with E-state index in [1.807, 2.05) is 13.0 Å². The molecule has 1 aromatic carbocycles. The fraction of sp³-hybridized carbons (Fsp3) is 0.286. The van der Waals surface area contributed by atoms with Gasteiger partial charge in [0.05, 0.1) is 17.6 Å². The molecule has 1 unspecified atom stereocenters. The van der Waals surface area contributed by atoms with Crippen LogP contribution >= 0.6 is 15.9 Å². The molecule has 0 amide bonds. The van der Waals surface area contributed by atoms with Crippen LogP contribution in [0.5, 0.6) is 5.88 Å². The topological polar surface area (TPSA) is 47.0 Å². The molecule has 1 atom stereocenters. The second-order valence-corrected chi connectivity index (χ2v) is 4.88. The molecule has 1 N–H and O–H groups in total. The van der Waals surface area contributed by atoms with Crippen molar-refractivity contribution in [1.29, 1.82) is 0 Å². The summed E-state index contributed by atoms with van der Waals surface area (Å²) < 4.78 is 19.4. The van der Waals surface area contributed by atoms with Gasteiger partial charge < -0.3 is 10.1 Å². The summed E-state index contributed by atoms with van der Waals surface area (Å²) in [5.41, 5.74) is 1.38. The Balaban J connectivity index is 2.53. The first-order valence-corrected chi connectivity index (χ1v) is 7.00. The number of hydrogen-bond acceptors (Lipinski definition) is 4. The molecule has 2 aromatic rings. The highest BCUT2D eigenvalue weighted by Gasteiger charge is 2.23. The fourth-order valence-electron chi connectivity index (χ4n) is 1.99. The van der Waals surface area contributed by atoms with Gasteiger partial charge in [0.1, 0.15) is 11.5 Å². The number of benzene rings is 1. The van der Waals surface area contributed by atoms with Gasteiger partial charge in [0.15, 0.2) is 0 Å². The number of ether oxygens (including phenoxy) is 1. The monoisotopic (exact) mass is 339 g/mol. The Bertz CT molecular complexity index is 594. The van der Waals surface area contributed by atoms with Crippen LogP contribution in [0.1, 0.15) is 24.2 Å². The van der Waals surface area contributed by atoms with E-state index in [9.17, 15) is 4.39 Å². The fourth-order valence-corrected chi connectivity index (χ4v) is 2.49. The minimum Gasteiger partial charge on any atom is -0.480 e. The molecular formula is C14H15BrFN3O. The van der Waals surface area contributed by atoms with Gasteiger partial charge in [-0.25, -0.2) is 9.37 Å². The van der Waals surface area contributed by atoms with Crippen LogP contribution in [-0.2, 0) is 0 Å². The molecule has 2 rings (SSSR count). The standard InChI is InChI=1S/C14H15BrFN3O/c1-3-17-12(9-5-4-6-10(16)11(9)15)13-14(20-2)19-8-7-18-13/h4-8,12,17H,3H2,1-2H3. The van der Waals surface area contributed by atoms with Crippen LogP contribution in [0.25, 0.3) is 0 Å². The van der Waals surface area contributed by atoms with Crippen molar-refractivity contribution in [2.75, 3.05) is 13.7 Å². The van der Waals surface area contributed by atoms with Crippen molar-refractivity contribution in [2.24, 2.45) is 0 Å². The molecule has 0 saturated heterocycles. The molecule has 20 heavy (non-hydrogen) atoms. The quantitative estimate of drug-likeness (QED) is 0.909. The van der Waals surface area contributed by atoms with E-state index < -0.39 is 0 Å². The summed E-state index contributed by atoms with van der Waals surface area (Å²) in [6.45, 7) is 2.68. The predicted octanol–water partition coefficient (Wildman–Crippen LogP) is 3.09. The minimum atomic E-state index is -0.312. The third-order valence-electron chi connectivity index (χ3n) is 2.86. The Morgan fingerprint density at radius 2 is 2.10 bits per heavy atom. The number of nitrogens with zero attached hydrogens (tertiary/aromatic N) is 2. The van der Waals surface area contributed by atoms with E-state index in [1.165, 1.54) is 13.2 Å². The first-order valence-electron chi connectivity index (χ1n) is 6.21. The third-order valence-corrected chi connectivity index (χ3v) is 3.70. The summed E-state index contributed by atoms with van der Waals surface area (Å²) >= 11 is 3.29. The van der Waals surface area contributed by atoms with Gasteiger partial charge in [0.25, 0.3) is 0 Å². The maximum absolute atomic E-state index is 13.7. The van der Waals surface area contributed by atoms with Gasteiger partial charge in [-0.15, -0.1) is 0 Å². The van der Waals surface area contributed by atoms with Gasteiger partial charge in [0.2, 0.25) is 5.88 Å². The number of methoxy groups -OCH3 is 1. The van der Waals surface area contributed by atoms with Crippen LogP contribution in [0.4, 0.5) is 4.39 Å². The molecule has 106 valence electrons. The Kier molecular flexibility index (Phi) is 5.03. The Hall–Kier alpha value is -1.53. The number of rotatable bonds is 5. The van der Waals surface area contributed by atoms with E-state index >= 15 is 0 Å². The molecule has 0 bridgehead atoms. The summed E-state index contributed by atoms with van der Waals surface area (Å²) in [4.78, 5) is 8.47. The van der Waals surface area contributed by atoms with E-state index in [-0.39, 0.29) is 11.9 Å². The molecule has 6 heteroatoms.